The molecule has 3 aromatic rings. The maximum atomic E-state index is 12.5. The fourth-order valence-electron chi connectivity index (χ4n) is 3.14. The zero-order chi connectivity index (χ0) is 17.2. The maximum absolute atomic E-state index is 12.5. The number of rotatable bonds is 3. The van der Waals surface area contributed by atoms with E-state index in [9.17, 15) is 4.79 Å². The highest BCUT2D eigenvalue weighted by atomic mass is 16.5. The van der Waals surface area contributed by atoms with E-state index in [0.29, 0.717) is 26.2 Å². The third kappa shape index (κ3) is 3.39. The van der Waals surface area contributed by atoms with Crippen LogP contribution in [0.3, 0.4) is 0 Å². The first-order chi connectivity index (χ1) is 12.2. The number of hydrogen-bond donors (Lipinski definition) is 2. The zero-order valence-corrected chi connectivity index (χ0v) is 14.1. The molecule has 0 bridgehead atoms. The molecular formula is C19H21N3O3. The van der Waals surface area contributed by atoms with Gasteiger partial charge in [0, 0.05) is 17.8 Å². The fraction of sp³-hybridized carbons (Fsp3) is 0.316. The first-order valence-corrected chi connectivity index (χ1v) is 8.46. The Bertz CT molecular complexity index is 850. The topological polar surface area (TPSA) is 70.5 Å². The molecule has 3 heterocycles. The van der Waals surface area contributed by atoms with E-state index in [1.54, 1.807) is 4.90 Å². The summed E-state index contributed by atoms with van der Waals surface area (Å²) in [6, 6.07) is 13.9. The van der Waals surface area contributed by atoms with Crippen LogP contribution < -0.4 is 5.32 Å². The van der Waals surface area contributed by atoms with Crippen molar-refractivity contribution in [3.8, 4) is 0 Å². The number of furan rings is 1. The van der Waals surface area contributed by atoms with Gasteiger partial charge in [-0.3, -0.25) is 0 Å². The Morgan fingerprint density at radius 2 is 2.20 bits per heavy atom. The summed E-state index contributed by atoms with van der Waals surface area (Å²) in [6.45, 7) is 3.94. The Balaban J connectivity index is 1.37. The summed E-state index contributed by atoms with van der Waals surface area (Å²) in [4.78, 5) is 17.6. The molecule has 1 aromatic carbocycles. The second-order valence-electron chi connectivity index (χ2n) is 6.29. The summed E-state index contributed by atoms with van der Waals surface area (Å²) in [7, 11) is 0. The Morgan fingerprint density at radius 1 is 1.32 bits per heavy atom. The number of aromatic nitrogens is 1. The van der Waals surface area contributed by atoms with Crippen molar-refractivity contribution < 1.29 is 13.9 Å². The molecule has 1 fully saturated rings. The number of benzene rings is 1. The van der Waals surface area contributed by atoms with E-state index in [-0.39, 0.29) is 12.1 Å². The summed E-state index contributed by atoms with van der Waals surface area (Å²) in [6.07, 6.45) is -0.207. The second kappa shape index (κ2) is 6.64. The number of aromatic amines is 1. The Hall–Kier alpha value is -2.73. The standard InChI is InChI=1S/C19H21N3O3/c1-13-6-7-17(25-13)18-12-22(8-9-24-18)19(23)20-11-15-10-14-4-2-3-5-16(14)21-15/h2-7,10,18,21H,8-9,11-12H2,1H3,(H,20,23)/t18-/m0/s1. The van der Waals surface area contributed by atoms with Gasteiger partial charge in [0.1, 0.15) is 17.6 Å². The Morgan fingerprint density at radius 3 is 3.00 bits per heavy atom. The van der Waals surface area contributed by atoms with Crippen LogP contribution in [0, 0.1) is 6.92 Å². The quantitative estimate of drug-likeness (QED) is 0.769. The van der Waals surface area contributed by atoms with Gasteiger partial charge in [-0.05, 0) is 36.6 Å². The predicted molar refractivity (Wildman–Crippen MR) is 94.2 cm³/mol. The van der Waals surface area contributed by atoms with Crippen molar-refractivity contribution in [3.63, 3.8) is 0 Å². The van der Waals surface area contributed by atoms with Gasteiger partial charge in [0.25, 0.3) is 0 Å². The lowest BCUT2D eigenvalue weighted by atomic mass is 10.2. The van der Waals surface area contributed by atoms with Gasteiger partial charge in [-0.15, -0.1) is 0 Å². The molecule has 2 N–H and O–H groups in total. The number of para-hydroxylation sites is 1. The molecule has 1 aliphatic heterocycles. The van der Waals surface area contributed by atoms with Crippen molar-refractivity contribution >= 4 is 16.9 Å². The van der Waals surface area contributed by atoms with Gasteiger partial charge in [0.2, 0.25) is 0 Å². The van der Waals surface area contributed by atoms with Gasteiger partial charge in [-0.25, -0.2) is 4.79 Å². The van der Waals surface area contributed by atoms with Crippen molar-refractivity contribution in [2.75, 3.05) is 19.7 Å². The molecule has 0 aliphatic carbocycles. The molecule has 25 heavy (non-hydrogen) atoms. The van der Waals surface area contributed by atoms with E-state index in [0.717, 1.165) is 28.1 Å². The third-order valence-electron chi connectivity index (χ3n) is 4.45. The first kappa shape index (κ1) is 15.8. The molecular weight excluding hydrogens is 318 g/mol. The lowest BCUT2D eigenvalue weighted by molar-refractivity contribution is -0.0263. The molecule has 0 spiro atoms. The number of aryl methyl sites for hydroxylation is 1. The summed E-state index contributed by atoms with van der Waals surface area (Å²) >= 11 is 0. The number of carbonyl (C=O) groups excluding carboxylic acids is 1. The van der Waals surface area contributed by atoms with Crippen molar-refractivity contribution in [2.24, 2.45) is 0 Å². The fourth-order valence-corrected chi connectivity index (χ4v) is 3.14. The molecule has 4 rings (SSSR count). The number of hydrogen-bond acceptors (Lipinski definition) is 3. The van der Waals surface area contributed by atoms with Gasteiger partial charge >= 0.3 is 6.03 Å². The van der Waals surface area contributed by atoms with Crippen LogP contribution in [-0.4, -0.2) is 35.6 Å². The van der Waals surface area contributed by atoms with Gasteiger partial charge in [-0.1, -0.05) is 18.2 Å². The largest absolute Gasteiger partial charge is 0.464 e. The molecule has 6 heteroatoms. The van der Waals surface area contributed by atoms with E-state index >= 15 is 0 Å². The number of morpholine rings is 1. The van der Waals surface area contributed by atoms with E-state index in [1.165, 1.54) is 0 Å². The molecule has 6 nitrogen and oxygen atoms in total. The monoisotopic (exact) mass is 339 g/mol. The molecule has 2 amide bonds. The highest BCUT2D eigenvalue weighted by Crippen LogP contribution is 2.24. The molecule has 1 aliphatic rings. The molecule has 0 radical (unpaired) electrons. The number of nitrogens with one attached hydrogen (secondary N) is 2. The van der Waals surface area contributed by atoms with Crippen LogP contribution in [-0.2, 0) is 11.3 Å². The Kier molecular flexibility index (Phi) is 4.19. The molecule has 1 atom stereocenters. The number of H-pyrrole nitrogens is 1. The van der Waals surface area contributed by atoms with Crippen LogP contribution >= 0.6 is 0 Å². The number of amides is 2. The van der Waals surface area contributed by atoms with Crippen LogP contribution in [0.5, 0.6) is 0 Å². The minimum Gasteiger partial charge on any atom is -0.464 e. The molecule has 2 aromatic heterocycles. The first-order valence-electron chi connectivity index (χ1n) is 8.46. The van der Waals surface area contributed by atoms with Crippen LogP contribution in [0.15, 0.2) is 46.9 Å². The van der Waals surface area contributed by atoms with Crippen molar-refractivity contribution in [1.82, 2.24) is 15.2 Å². The minimum atomic E-state index is -0.207. The molecule has 1 saturated heterocycles. The van der Waals surface area contributed by atoms with Gasteiger partial charge in [0.05, 0.1) is 19.7 Å². The number of carbonyl (C=O) groups is 1. The van der Waals surface area contributed by atoms with Gasteiger partial charge < -0.3 is 24.4 Å². The van der Waals surface area contributed by atoms with Crippen LogP contribution in [0.1, 0.15) is 23.3 Å². The van der Waals surface area contributed by atoms with Crippen LogP contribution in [0.25, 0.3) is 10.9 Å². The number of urea groups is 1. The third-order valence-corrected chi connectivity index (χ3v) is 4.45. The van der Waals surface area contributed by atoms with Crippen LogP contribution in [0.2, 0.25) is 0 Å². The van der Waals surface area contributed by atoms with Crippen molar-refractivity contribution in [3.05, 3.63) is 59.7 Å². The zero-order valence-electron chi connectivity index (χ0n) is 14.1. The lowest BCUT2D eigenvalue weighted by Gasteiger charge is -2.32. The predicted octanol–water partition coefficient (Wildman–Crippen LogP) is 3.35. The number of fused-ring (bicyclic) bond motifs is 1. The van der Waals surface area contributed by atoms with E-state index in [4.69, 9.17) is 9.15 Å². The van der Waals surface area contributed by atoms with Gasteiger partial charge in [-0.2, -0.15) is 0 Å². The van der Waals surface area contributed by atoms with E-state index < -0.39 is 0 Å². The molecule has 130 valence electrons. The van der Waals surface area contributed by atoms with E-state index in [1.807, 2.05) is 37.3 Å². The normalized spacial score (nSPS) is 17.8. The Labute approximate surface area is 145 Å². The van der Waals surface area contributed by atoms with Crippen molar-refractivity contribution in [1.29, 1.82) is 0 Å². The summed E-state index contributed by atoms with van der Waals surface area (Å²) in [5, 5.41) is 4.12. The average molecular weight is 339 g/mol. The van der Waals surface area contributed by atoms with E-state index in [2.05, 4.69) is 22.4 Å². The smallest absolute Gasteiger partial charge is 0.317 e. The highest BCUT2D eigenvalue weighted by molar-refractivity contribution is 5.80. The van der Waals surface area contributed by atoms with Crippen LogP contribution in [0.4, 0.5) is 4.79 Å². The summed E-state index contributed by atoms with van der Waals surface area (Å²) in [5.41, 5.74) is 2.06. The summed E-state index contributed by atoms with van der Waals surface area (Å²) < 4.78 is 11.4. The second-order valence-corrected chi connectivity index (χ2v) is 6.29. The van der Waals surface area contributed by atoms with Crippen molar-refractivity contribution in [2.45, 2.75) is 19.6 Å². The van der Waals surface area contributed by atoms with Gasteiger partial charge in [0.15, 0.2) is 0 Å². The number of ether oxygens (including phenoxy) is 1. The molecule has 0 saturated carbocycles. The maximum Gasteiger partial charge on any atom is 0.317 e. The minimum absolute atomic E-state index is 0.0877. The SMILES string of the molecule is Cc1ccc([C@@H]2CN(C(=O)NCc3cc4ccccc4[nH]3)CCO2)o1. The average Bonchev–Trinajstić information content (AvgIpc) is 3.25. The number of nitrogens with zero attached hydrogens (tertiary/aromatic N) is 1. The highest BCUT2D eigenvalue weighted by Gasteiger charge is 2.27. The molecule has 0 unspecified atom stereocenters. The lowest BCUT2D eigenvalue weighted by Crippen LogP contribution is -2.46. The summed E-state index contributed by atoms with van der Waals surface area (Å²) in [5.74, 6) is 1.62.